The van der Waals surface area contributed by atoms with E-state index in [1.54, 1.807) is 13.4 Å². The van der Waals surface area contributed by atoms with Crippen LogP contribution in [0.2, 0.25) is 0 Å². The number of carbonyl (C=O) groups is 1. The Balaban J connectivity index is 1.95. The molecule has 6 nitrogen and oxygen atoms in total. The topological polar surface area (TPSA) is 69.0 Å². The number of para-hydroxylation sites is 2. The molecular formula is C17H24N4O2S. The first kappa shape index (κ1) is 18.3. The van der Waals surface area contributed by atoms with Crippen LogP contribution in [0.15, 0.2) is 35.7 Å². The van der Waals surface area contributed by atoms with Crippen molar-refractivity contribution < 1.29 is 9.53 Å². The first-order valence-corrected chi connectivity index (χ1v) is 9.02. The fraction of sp³-hybridized carbons (Fsp3) is 0.471. The largest absolute Gasteiger partial charge is 0.495 e. The maximum absolute atomic E-state index is 12.4. The van der Waals surface area contributed by atoms with E-state index in [0.29, 0.717) is 11.4 Å². The van der Waals surface area contributed by atoms with Gasteiger partial charge in [0, 0.05) is 6.54 Å². The highest BCUT2D eigenvalue weighted by molar-refractivity contribution is 8.00. The van der Waals surface area contributed by atoms with Gasteiger partial charge in [-0.25, -0.2) is 0 Å². The number of ether oxygens (including phenoxy) is 1. The van der Waals surface area contributed by atoms with Gasteiger partial charge >= 0.3 is 0 Å². The number of thioether (sulfide) groups is 1. The van der Waals surface area contributed by atoms with E-state index < -0.39 is 0 Å². The highest BCUT2D eigenvalue weighted by Crippen LogP contribution is 2.26. The lowest BCUT2D eigenvalue weighted by atomic mass is 10.2. The third-order valence-electron chi connectivity index (χ3n) is 3.60. The van der Waals surface area contributed by atoms with Crippen LogP contribution in [-0.2, 0) is 11.3 Å². The lowest BCUT2D eigenvalue weighted by Crippen LogP contribution is -2.23. The summed E-state index contributed by atoms with van der Waals surface area (Å²) in [7, 11) is 1.59. The minimum absolute atomic E-state index is 0.0902. The fourth-order valence-corrected chi connectivity index (χ4v) is 3.07. The standard InChI is InChI=1S/C17H24N4O2S/c1-4-5-8-11-21-12-18-20-17(21)24-13(2)16(22)19-14-9-6-7-10-15(14)23-3/h6-7,9-10,12-13H,4-5,8,11H2,1-3H3,(H,19,22)/t13-/m1/s1. The summed E-state index contributed by atoms with van der Waals surface area (Å²) in [6.07, 6.45) is 5.15. The van der Waals surface area contributed by atoms with Crippen molar-refractivity contribution in [1.29, 1.82) is 0 Å². The van der Waals surface area contributed by atoms with Gasteiger partial charge in [-0.3, -0.25) is 4.79 Å². The molecule has 2 rings (SSSR count). The van der Waals surface area contributed by atoms with E-state index in [9.17, 15) is 4.79 Å². The SMILES string of the molecule is CCCCCn1cnnc1S[C@H](C)C(=O)Nc1ccccc1OC. The van der Waals surface area contributed by atoms with Crippen LogP contribution >= 0.6 is 11.8 Å². The van der Waals surface area contributed by atoms with Crippen LogP contribution in [-0.4, -0.2) is 33.0 Å². The van der Waals surface area contributed by atoms with Crippen LogP contribution in [0.25, 0.3) is 0 Å². The van der Waals surface area contributed by atoms with E-state index in [0.717, 1.165) is 18.1 Å². The van der Waals surface area contributed by atoms with Crippen molar-refractivity contribution in [3.8, 4) is 5.75 Å². The van der Waals surface area contributed by atoms with E-state index in [-0.39, 0.29) is 11.2 Å². The third kappa shape index (κ3) is 4.99. The molecule has 1 N–H and O–H groups in total. The number of hydrogen-bond acceptors (Lipinski definition) is 5. The van der Waals surface area contributed by atoms with Gasteiger partial charge in [-0.05, 0) is 25.5 Å². The summed E-state index contributed by atoms with van der Waals surface area (Å²) in [6, 6.07) is 7.37. The normalized spacial score (nSPS) is 12.0. The van der Waals surface area contributed by atoms with Crippen molar-refractivity contribution in [2.75, 3.05) is 12.4 Å². The van der Waals surface area contributed by atoms with E-state index in [1.807, 2.05) is 35.8 Å². The quantitative estimate of drug-likeness (QED) is 0.554. The van der Waals surface area contributed by atoms with Crippen LogP contribution in [0.5, 0.6) is 5.75 Å². The number of amides is 1. The molecule has 1 aromatic heterocycles. The number of methoxy groups -OCH3 is 1. The van der Waals surface area contributed by atoms with E-state index in [1.165, 1.54) is 24.6 Å². The smallest absolute Gasteiger partial charge is 0.237 e. The van der Waals surface area contributed by atoms with Crippen molar-refractivity contribution in [1.82, 2.24) is 14.8 Å². The molecule has 0 radical (unpaired) electrons. The van der Waals surface area contributed by atoms with Crippen LogP contribution in [0, 0.1) is 0 Å². The zero-order chi connectivity index (χ0) is 17.4. The summed E-state index contributed by atoms with van der Waals surface area (Å²) < 4.78 is 7.27. The van der Waals surface area contributed by atoms with Gasteiger partial charge in [0.15, 0.2) is 5.16 Å². The number of rotatable bonds is 9. The molecule has 0 spiro atoms. The van der Waals surface area contributed by atoms with Gasteiger partial charge in [-0.15, -0.1) is 10.2 Å². The van der Waals surface area contributed by atoms with Crippen LogP contribution < -0.4 is 10.1 Å². The second-order valence-electron chi connectivity index (χ2n) is 5.46. The number of unbranched alkanes of at least 4 members (excludes halogenated alkanes) is 2. The molecule has 7 heteroatoms. The molecule has 0 saturated heterocycles. The maximum atomic E-state index is 12.4. The molecule has 2 aromatic rings. The fourth-order valence-electron chi connectivity index (χ4n) is 2.22. The zero-order valence-electron chi connectivity index (χ0n) is 14.4. The second-order valence-corrected chi connectivity index (χ2v) is 6.77. The van der Waals surface area contributed by atoms with Gasteiger partial charge in [-0.2, -0.15) is 0 Å². The van der Waals surface area contributed by atoms with Crippen LogP contribution in [0.1, 0.15) is 33.1 Å². The molecule has 1 heterocycles. The highest BCUT2D eigenvalue weighted by Gasteiger charge is 2.19. The van der Waals surface area contributed by atoms with Gasteiger partial charge in [-0.1, -0.05) is 43.7 Å². The molecule has 0 aliphatic rings. The van der Waals surface area contributed by atoms with Gasteiger partial charge in [0.2, 0.25) is 5.91 Å². The Kier molecular flexibility index (Phi) is 7.11. The Hall–Kier alpha value is -2.02. The number of benzene rings is 1. The van der Waals surface area contributed by atoms with Gasteiger partial charge in [0.05, 0.1) is 18.0 Å². The molecule has 0 unspecified atom stereocenters. The molecule has 1 aromatic carbocycles. The Bertz CT molecular complexity index is 660. The summed E-state index contributed by atoms with van der Waals surface area (Å²) >= 11 is 1.41. The van der Waals surface area contributed by atoms with Gasteiger partial charge in [0.25, 0.3) is 0 Å². The predicted molar refractivity (Wildman–Crippen MR) is 96.5 cm³/mol. The average molecular weight is 348 g/mol. The number of carbonyl (C=O) groups excluding carboxylic acids is 1. The van der Waals surface area contributed by atoms with Crippen molar-refractivity contribution >= 4 is 23.4 Å². The number of aryl methyl sites for hydroxylation is 1. The average Bonchev–Trinajstić information content (AvgIpc) is 3.02. The molecule has 1 amide bonds. The highest BCUT2D eigenvalue weighted by atomic mass is 32.2. The number of anilines is 1. The number of nitrogens with zero attached hydrogens (tertiary/aromatic N) is 3. The third-order valence-corrected chi connectivity index (χ3v) is 4.69. The predicted octanol–water partition coefficient (Wildman–Crippen LogP) is 3.60. The number of hydrogen-bond donors (Lipinski definition) is 1. The minimum Gasteiger partial charge on any atom is -0.495 e. The minimum atomic E-state index is -0.288. The first-order valence-electron chi connectivity index (χ1n) is 8.14. The molecule has 0 aliphatic heterocycles. The Morgan fingerprint density at radius 1 is 1.38 bits per heavy atom. The first-order chi connectivity index (χ1) is 11.7. The lowest BCUT2D eigenvalue weighted by molar-refractivity contribution is -0.115. The van der Waals surface area contributed by atoms with Crippen molar-refractivity contribution in [2.24, 2.45) is 0 Å². The summed E-state index contributed by atoms with van der Waals surface area (Å²) in [5, 5.41) is 11.5. The van der Waals surface area contributed by atoms with Crippen molar-refractivity contribution in [3.63, 3.8) is 0 Å². The molecule has 130 valence electrons. The number of nitrogens with one attached hydrogen (secondary N) is 1. The molecule has 24 heavy (non-hydrogen) atoms. The summed E-state index contributed by atoms with van der Waals surface area (Å²) in [5.41, 5.74) is 0.668. The van der Waals surface area contributed by atoms with Crippen molar-refractivity contribution in [3.05, 3.63) is 30.6 Å². The Morgan fingerprint density at radius 2 is 2.17 bits per heavy atom. The summed E-state index contributed by atoms with van der Waals surface area (Å²) in [6.45, 7) is 4.91. The molecule has 0 fully saturated rings. The maximum Gasteiger partial charge on any atom is 0.237 e. The van der Waals surface area contributed by atoms with Crippen molar-refractivity contribution in [2.45, 2.75) is 50.1 Å². The lowest BCUT2D eigenvalue weighted by Gasteiger charge is -2.14. The monoisotopic (exact) mass is 348 g/mol. The van der Waals surface area contributed by atoms with Crippen LogP contribution in [0.4, 0.5) is 5.69 Å². The molecule has 0 aliphatic carbocycles. The van der Waals surface area contributed by atoms with Gasteiger partial charge in [0.1, 0.15) is 12.1 Å². The Labute approximate surface area is 147 Å². The van der Waals surface area contributed by atoms with E-state index in [2.05, 4.69) is 22.4 Å². The van der Waals surface area contributed by atoms with E-state index >= 15 is 0 Å². The second kappa shape index (κ2) is 9.32. The zero-order valence-corrected chi connectivity index (χ0v) is 15.2. The molecule has 0 bridgehead atoms. The van der Waals surface area contributed by atoms with Gasteiger partial charge < -0.3 is 14.6 Å². The molecular weight excluding hydrogens is 324 g/mol. The summed E-state index contributed by atoms with van der Waals surface area (Å²) in [4.78, 5) is 12.4. The molecule has 1 atom stereocenters. The Morgan fingerprint density at radius 3 is 2.92 bits per heavy atom. The van der Waals surface area contributed by atoms with Crippen LogP contribution in [0.3, 0.4) is 0 Å². The number of aromatic nitrogens is 3. The molecule has 0 saturated carbocycles. The van der Waals surface area contributed by atoms with E-state index in [4.69, 9.17) is 4.74 Å². The summed E-state index contributed by atoms with van der Waals surface area (Å²) in [5.74, 6) is 0.554.